The Morgan fingerprint density at radius 2 is 1.65 bits per heavy atom. The summed E-state index contributed by atoms with van der Waals surface area (Å²) in [7, 11) is -4.04. The van der Waals surface area contributed by atoms with Gasteiger partial charge in [0.05, 0.1) is 4.90 Å². The number of aryl methyl sites for hydroxylation is 1. The first-order valence-electron chi connectivity index (χ1n) is 6.92. The smallest absolute Gasteiger partial charge is 0.290 e. The number of anilines is 1. The highest BCUT2D eigenvalue weighted by molar-refractivity contribution is 7.86. The van der Waals surface area contributed by atoms with Crippen molar-refractivity contribution in [2.45, 2.75) is 23.4 Å². The van der Waals surface area contributed by atoms with E-state index in [9.17, 15) is 13.2 Å². The predicted molar refractivity (Wildman–Crippen MR) is 86.8 cm³/mol. The lowest BCUT2D eigenvalue weighted by molar-refractivity contribution is -0.132. The number of carbonyl (C=O) groups excluding carboxylic acids is 1. The molecule has 1 saturated heterocycles. The number of nitrogens with zero attached hydrogens (tertiary/aromatic N) is 1. The van der Waals surface area contributed by atoms with Gasteiger partial charge in [-0.1, -0.05) is 47.5 Å². The van der Waals surface area contributed by atoms with Crippen LogP contribution in [-0.4, -0.2) is 25.9 Å². The van der Waals surface area contributed by atoms with E-state index in [-0.39, 0.29) is 4.90 Å². The molecule has 1 amide bonds. The monoisotopic (exact) mass is 351 g/mol. The van der Waals surface area contributed by atoms with E-state index in [2.05, 4.69) is 0 Å². The second-order valence-corrected chi connectivity index (χ2v) is 7.22. The van der Waals surface area contributed by atoms with Crippen molar-refractivity contribution in [3.05, 3.63) is 60.2 Å². The summed E-state index contributed by atoms with van der Waals surface area (Å²) < 4.78 is 29.5. The van der Waals surface area contributed by atoms with Crippen LogP contribution in [0.3, 0.4) is 0 Å². The minimum atomic E-state index is -4.04. The van der Waals surface area contributed by atoms with Gasteiger partial charge in [0.2, 0.25) is 0 Å². The summed E-state index contributed by atoms with van der Waals surface area (Å²) in [5, 5.41) is 0. The molecule has 1 aliphatic rings. The first-order chi connectivity index (χ1) is 10.9. The van der Waals surface area contributed by atoms with Crippen molar-refractivity contribution < 1.29 is 17.4 Å². The van der Waals surface area contributed by atoms with Gasteiger partial charge in [-0.15, -0.1) is 0 Å². The van der Waals surface area contributed by atoms with Crippen LogP contribution in [0.5, 0.6) is 0 Å². The minimum Gasteiger partial charge on any atom is -0.290 e. The Morgan fingerprint density at radius 3 is 2.22 bits per heavy atom. The van der Waals surface area contributed by atoms with Crippen molar-refractivity contribution in [3.8, 4) is 0 Å². The van der Waals surface area contributed by atoms with Crippen LogP contribution in [-0.2, 0) is 19.1 Å². The molecule has 0 saturated carbocycles. The van der Waals surface area contributed by atoms with Gasteiger partial charge in [-0.05, 0) is 31.2 Å². The third-order valence-corrected chi connectivity index (χ3v) is 5.29. The molecule has 7 heteroatoms. The maximum atomic E-state index is 12.2. The number of β-lactam (4-membered cyclic amide) rings is 1. The predicted octanol–water partition coefficient (Wildman–Crippen LogP) is 2.68. The highest BCUT2D eigenvalue weighted by Crippen LogP contribution is 2.34. The summed E-state index contributed by atoms with van der Waals surface area (Å²) in [6, 6.07) is 15.0. The van der Waals surface area contributed by atoms with Gasteiger partial charge in [-0.2, -0.15) is 8.42 Å². The number of amides is 1. The lowest BCUT2D eigenvalue weighted by atomic mass is 10.1. The summed E-state index contributed by atoms with van der Waals surface area (Å²) in [5.74, 6) is -0.480. The standard InChI is InChI=1S/C16H14ClNO4S/c1-11-7-9-13(10-8-11)23(20,21)22-14-15(17)18(16(14)19)12-5-3-2-4-6-12/h2-10,14-15H,1H3/t14-,15-/m1/s1. The second-order valence-electron chi connectivity index (χ2n) is 5.20. The lowest BCUT2D eigenvalue weighted by Crippen LogP contribution is -2.64. The first kappa shape index (κ1) is 16.0. The van der Waals surface area contributed by atoms with Crippen LogP contribution in [0.1, 0.15) is 5.56 Å². The molecule has 2 aromatic rings. The molecule has 1 heterocycles. The fourth-order valence-corrected chi connectivity index (χ4v) is 3.74. The van der Waals surface area contributed by atoms with Crippen LogP contribution in [0.4, 0.5) is 5.69 Å². The van der Waals surface area contributed by atoms with Gasteiger partial charge in [0.1, 0.15) is 5.50 Å². The molecular formula is C16H14ClNO4S. The van der Waals surface area contributed by atoms with E-state index >= 15 is 0 Å². The lowest BCUT2D eigenvalue weighted by Gasteiger charge is -2.42. The average Bonchev–Trinajstić information content (AvgIpc) is 2.54. The molecule has 0 aromatic heterocycles. The number of para-hydroxylation sites is 1. The van der Waals surface area contributed by atoms with Crippen molar-refractivity contribution >= 4 is 33.3 Å². The van der Waals surface area contributed by atoms with E-state index in [0.29, 0.717) is 5.69 Å². The maximum absolute atomic E-state index is 12.2. The molecule has 2 atom stereocenters. The van der Waals surface area contributed by atoms with Crippen LogP contribution >= 0.6 is 11.6 Å². The van der Waals surface area contributed by atoms with Crippen LogP contribution in [0.25, 0.3) is 0 Å². The first-order valence-corrected chi connectivity index (χ1v) is 8.77. The number of hydrogen-bond donors (Lipinski definition) is 0. The van der Waals surface area contributed by atoms with Crippen LogP contribution < -0.4 is 4.90 Å². The third-order valence-electron chi connectivity index (χ3n) is 3.55. The topological polar surface area (TPSA) is 63.7 Å². The van der Waals surface area contributed by atoms with E-state index < -0.39 is 27.6 Å². The van der Waals surface area contributed by atoms with E-state index in [0.717, 1.165) is 5.56 Å². The summed E-state index contributed by atoms with van der Waals surface area (Å²) >= 11 is 6.14. The van der Waals surface area contributed by atoms with Gasteiger partial charge in [-0.3, -0.25) is 9.69 Å². The molecule has 0 bridgehead atoms. The molecular weight excluding hydrogens is 338 g/mol. The summed E-state index contributed by atoms with van der Waals surface area (Å²) in [5.41, 5.74) is 0.657. The Balaban J connectivity index is 1.77. The Morgan fingerprint density at radius 1 is 1.04 bits per heavy atom. The number of halogens is 1. The minimum absolute atomic E-state index is 0.00192. The van der Waals surface area contributed by atoms with E-state index in [4.69, 9.17) is 15.8 Å². The number of carbonyl (C=O) groups is 1. The summed E-state index contributed by atoms with van der Waals surface area (Å²) in [6.07, 6.45) is -1.22. The molecule has 0 N–H and O–H groups in total. The van der Waals surface area contributed by atoms with Gasteiger partial charge in [0.25, 0.3) is 16.0 Å². The fourth-order valence-electron chi connectivity index (χ4n) is 2.27. The van der Waals surface area contributed by atoms with Gasteiger partial charge in [-0.25, -0.2) is 4.18 Å². The fraction of sp³-hybridized carbons (Fsp3) is 0.188. The average molecular weight is 352 g/mol. The van der Waals surface area contributed by atoms with Gasteiger partial charge < -0.3 is 0 Å². The number of alkyl halides is 1. The summed E-state index contributed by atoms with van der Waals surface area (Å²) in [6.45, 7) is 1.85. The molecule has 3 rings (SSSR count). The Bertz CT molecular complexity index is 821. The van der Waals surface area contributed by atoms with Crippen molar-refractivity contribution in [3.63, 3.8) is 0 Å². The number of rotatable bonds is 4. The SMILES string of the molecule is Cc1ccc(S(=O)(=O)O[C@H]2C(=O)N(c3ccccc3)[C@H]2Cl)cc1. The number of hydrogen-bond acceptors (Lipinski definition) is 4. The van der Waals surface area contributed by atoms with Crippen molar-refractivity contribution in [1.29, 1.82) is 0 Å². The largest absolute Gasteiger partial charge is 0.297 e. The third kappa shape index (κ3) is 2.97. The van der Waals surface area contributed by atoms with Gasteiger partial charge >= 0.3 is 0 Å². The second kappa shape index (κ2) is 5.96. The van der Waals surface area contributed by atoms with E-state index in [1.807, 2.05) is 13.0 Å². The van der Waals surface area contributed by atoms with Crippen LogP contribution in [0.15, 0.2) is 59.5 Å². The Hall–Kier alpha value is -1.89. The zero-order valence-corrected chi connectivity index (χ0v) is 13.8. The number of benzene rings is 2. The highest BCUT2D eigenvalue weighted by atomic mass is 35.5. The molecule has 120 valence electrons. The quantitative estimate of drug-likeness (QED) is 0.368. The molecule has 0 radical (unpaired) electrons. The highest BCUT2D eigenvalue weighted by Gasteiger charge is 2.50. The Kier molecular flexibility index (Phi) is 4.14. The normalized spacial score (nSPS) is 21.1. The van der Waals surface area contributed by atoms with E-state index in [1.54, 1.807) is 36.4 Å². The van der Waals surface area contributed by atoms with Crippen molar-refractivity contribution in [2.24, 2.45) is 0 Å². The van der Waals surface area contributed by atoms with Crippen molar-refractivity contribution in [1.82, 2.24) is 0 Å². The molecule has 2 aromatic carbocycles. The molecule has 0 aliphatic carbocycles. The zero-order valence-electron chi connectivity index (χ0n) is 12.2. The molecule has 1 fully saturated rings. The molecule has 5 nitrogen and oxygen atoms in total. The molecule has 0 unspecified atom stereocenters. The molecule has 23 heavy (non-hydrogen) atoms. The van der Waals surface area contributed by atoms with Gasteiger partial charge in [0.15, 0.2) is 6.10 Å². The molecule has 0 spiro atoms. The Labute approximate surface area is 139 Å². The summed E-state index contributed by atoms with van der Waals surface area (Å²) in [4.78, 5) is 13.5. The van der Waals surface area contributed by atoms with Gasteiger partial charge in [0, 0.05) is 5.69 Å². The zero-order chi connectivity index (χ0) is 16.6. The van der Waals surface area contributed by atoms with Crippen LogP contribution in [0, 0.1) is 6.92 Å². The van der Waals surface area contributed by atoms with E-state index in [1.165, 1.54) is 17.0 Å². The van der Waals surface area contributed by atoms with Crippen LogP contribution in [0.2, 0.25) is 0 Å². The van der Waals surface area contributed by atoms with Crippen molar-refractivity contribution in [2.75, 3.05) is 4.90 Å². The molecule has 1 aliphatic heterocycles. The maximum Gasteiger partial charge on any atom is 0.297 e.